The number of hydrogen-bond acceptors (Lipinski definition) is 3. The van der Waals surface area contributed by atoms with Crippen molar-refractivity contribution in [2.24, 2.45) is 0 Å². The van der Waals surface area contributed by atoms with E-state index in [1.807, 2.05) is 24.3 Å². The van der Waals surface area contributed by atoms with Gasteiger partial charge in [-0.05, 0) is 24.3 Å². The van der Waals surface area contributed by atoms with Gasteiger partial charge < -0.3 is 20.7 Å². The lowest BCUT2D eigenvalue weighted by Gasteiger charge is -2.11. The van der Waals surface area contributed by atoms with Crippen LogP contribution in [0.15, 0.2) is 42.5 Å². The van der Waals surface area contributed by atoms with Crippen molar-refractivity contribution >= 4 is 34.9 Å². The van der Waals surface area contributed by atoms with E-state index in [1.54, 1.807) is 25.3 Å². The number of ether oxygens (including phenoxy) is 1. The van der Waals surface area contributed by atoms with Crippen LogP contribution in [0.2, 0.25) is 5.02 Å². The summed E-state index contributed by atoms with van der Waals surface area (Å²) < 4.78 is 5.23. The topological polar surface area (TPSA) is 79.5 Å². The smallest absolute Gasteiger partial charge is 0.319 e. The molecule has 0 bridgehead atoms. The third kappa shape index (κ3) is 4.89. The van der Waals surface area contributed by atoms with Crippen LogP contribution < -0.4 is 20.7 Å². The molecule has 6 nitrogen and oxygen atoms in total. The van der Waals surface area contributed by atoms with E-state index in [1.165, 1.54) is 6.92 Å². The van der Waals surface area contributed by atoms with Gasteiger partial charge in [-0.2, -0.15) is 0 Å². The van der Waals surface area contributed by atoms with Gasteiger partial charge in [-0.25, -0.2) is 4.79 Å². The van der Waals surface area contributed by atoms with Crippen LogP contribution in [0.3, 0.4) is 0 Å². The highest BCUT2D eigenvalue weighted by atomic mass is 35.5. The quantitative estimate of drug-likeness (QED) is 0.772. The summed E-state index contributed by atoms with van der Waals surface area (Å²) in [5.74, 6) is 0.493. The Labute approximate surface area is 145 Å². The molecule has 0 aliphatic carbocycles. The zero-order valence-electron chi connectivity index (χ0n) is 13.4. The summed E-state index contributed by atoms with van der Waals surface area (Å²) in [7, 11) is 1.58. The third-order valence-electron chi connectivity index (χ3n) is 3.17. The molecule has 2 aromatic carbocycles. The van der Waals surface area contributed by atoms with Crippen molar-refractivity contribution in [2.45, 2.75) is 13.5 Å². The van der Waals surface area contributed by atoms with Crippen molar-refractivity contribution in [2.75, 3.05) is 17.7 Å². The number of rotatable bonds is 5. The average Bonchev–Trinajstić information content (AvgIpc) is 2.55. The maximum Gasteiger partial charge on any atom is 0.319 e. The molecule has 3 amide bonds. The SMILES string of the molecule is COc1ccccc1CNC(=O)Nc1ccc(NC(C)=O)c(Cl)c1. The fourth-order valence-corrected chi connectivity index (χ4v) is 2.31. The van der Waals surface area contributed by atoms with Crippen molar-refractivity contribution < 1.29 is 14.3 Å². The van der Waals surface area contributed by atoms with E-state index in [4.69, 9.17) is 16.3 Å². The van der Waals surface area contributed by atoms with Crippen LogP contribution in [0.25, 0.3) is 0 Å². The van der Waals surface area contributed by atoms with Gasteiger partial charge in [0.15, 0.2) is 0 Å². The molecule has 0 unspecified atom stereocenters. The molecule has 7 heteroatoms. The molecule has 2 aromatic rings. The zero-order chi connectivity index (χ0) is 17.5. The van der Waals surface area contributed by atoms with Gasteiger partial charge in [0, 0.05) is 24.7 Å². The van der Waals surface area contributed by atoms with Gasteiger partial charge in [0.05, 0.1) is 17.8 Å². The predicted molar refractivity (Wildman–Crippen MR) is 94.6 cm³/mol. The van der Waals surface area contributed by atoms with Gasteiger partial charge in [0.2, 0.25) is 5.91 Å². The summed E-state index contributed by atoms with van der Waals surface area (Å²) in [6.07, 6.45) is 0. The number of nitrogens with one attached hydrogen (secondary N) is 3. The molecule has 0 radical (unpaired) electrons. The summed E-state index contributed by atoms with van der Waals surface area (Å²) in [5.41, 5.74) is 1.88. The first kappa shape index (κ1) is 17.6. The molecule has 0 aliphatic rings. The lowest BCUT2D eigenvalue weighted by atomic mass is 10.2. The predicted octanol–water partition coefficient (Wildman–Crippen LogP) is 3.63. The Balaban J connectivity index is 1.95. The molecular formula is C17H18ClN3O3. The maximum absolute atomic E-state index is 12.0. The second-order valence-electron chi connectivity index (χ2n) is 5.00. The summed E-state index contributed by atoms with van der Waals surface area (Å²) in [4.78, 5) is 23.0. The standard InChI is InChI=1S/C17H18ClN3O3/c1-11(22)20-15-8-7-13(9-14(15)18)21-17(23)19-10-12-5-3-4-6-16(12)24-2/h3-9H,10H2,1-2H3,(H,20,22)(H2,19,21,23). The molecule has 2 rings (SSSR count). The monoisotopic (exact) mass is 347 g/mol. The number of hydrogen-bond donors (Lipinski definition) is 3. The highest BCUT2D eigenvalue weighted by Gasteiger charge is 2.07. The van der Waals surface area contributed by atoms with E-state index >= 15 is 0 Å². The Hall–Kier alpha value is -2.73. The number of para-hydroxylation sites is 1. The molecule has 0 atom stereocenters. The van der Waals surface area contributed by atoms with Crippen LogP contribution in [0, 0.1) is 0 Å². The molecule has 0 aliphatic heterocycles. The van der Waals surface area contributed by atoms with Crippen molar-refractivity contribution in [1.82, 2.24) is 5.32 Å². The third-order valence-corrected chi connectivity index (χ3v) is 3.48. The van der Waals surface area contributed by atoms with Crippen LogP contribution >= 0.6 is 11.6 Å². The molecule has 126 valence electrons. The molecule has 3 N–H and O–H groups in total. The summed E-state index contributed by atoms with van der Waals surface area (Å²) in [5, 5.41) is 8.37. The number of carbonyl (C=O) groups excluding carboxylic acids is 2. The van der Waals surface area contributed by atoms with Gasteiger partial charge in [0.25, 0.3) is 0 Å². The zero-order valence-corrected chi connectivity index (χ0v) is 14.1. The minimum absolute atomic E-state index is 0.216. The van der Waals surface area contributed by atoms with Crippen LogP contribution in [0.1, 0.15) is 12.5 Å². The lowest BCUT2D eigenvalue weighted by Crippen LogP contribution is -2.28. The Kier molecular flexibility index (Phi) is 6.03. The van der Waals surface area contributed by atoms with E-state index in [0.29, 0.717) is 28.7 Å². The molecule has 0 heterocycles. The number of benzene rings is 2. The van der Waals surface area contributed by atoms with E-state index in [0.717, 1.165) is 5.56 Å². The Bertz CT molecular complexity index is 750. The number of methoxy groups -OCH3 is 1. The van der Waals surface area contributed by atoms with E-state index in [9.17, 15) is 9.59 Å². The molecule has 24 heavy (non-hydrogen) atoms. The fraction of sp³-hybridized carbons (Fsp3) is 0.176. The van der Waals surface area contributed by atoms with E-state index < -0.39 is 0 Å². The summed E-state index contributed by atoms with van der Waals surface area (Å²) in [6.45, 7) is 1.72. The first-order chi connectivity index (χ1) is 11.5. The molecular weight excluding hydrogens is 330 g/mol. The number of halogens is 1. The lowest BCUT2D eigenvalue weighted by molar-refractivity contribution is -0.114. The normalized spacial score (nSPS) is 9.96. The fourth-order valence-electron chi connectivity index (χ4n) is 2.08. The average molecular weight is 348 g/mol. The van der Waals surface area contributed by atoms with Gasteiger partial charge in [0.1, 0.15) is 5.75 Å². The van der Waals surface area contributed by atoms with Gasteiger partial charge in [-0.3, -0.25) is 4.79 Å². The van der Waals surface area contributed by atoms with Crippen LogP contribution in [0.5, 0.6) is 5.75 Å². The van der Waals surface area contributed by atoms with Crippen molar-refractivity contribution in [3.63, 3.8) is 0 Å². The van der Waals surface area contributed by atoms with Crippen molar-refractivity contribution in [3.8, 4) is 5.75 Å². The second-order valence-corrected chi connectivity index (χ2v) is 5.40. The van der Waals surface area contributed by atoms with Crippen molar-refractivity contribution in [3.05, 3.63) is 53.1 Å². The summed E-state index contributed by atoms with van der Waals surface area (Å²) in [6, 6.07) is 11.9. The molecule has 0 saturated carbocycles. The first-order valence-corrected chi connectivity index (χ1v) is 7.61. The molecule has 0 saturated heterocycles. The number of amides is 3. The minimum atomic E-state index is -0.371. The minimum Gasteiger partial charge on any atom is -0.496 e. The Morgan fingerprint density at radius 3 is 2.54 bits per heavy atom. The number of anilines is 2. The van der Waals surface area contributed by atoms with Gasteiger partial charge in [-0.15, -0.1) is 0 Å². The molecule has 0 spiro atoms. The Morgan fingerprint density at radius 2 is 1.88 bits per heavy atom. The van der Waals surface area contributed by atoms with Crippen LogP contribution in [0.4, 0.5) is 16.2 Å². The van der Waals surface area contributed by atoms with Crippen LogP contribution in [-0.2, 0) is 11.3 Å². The highest BCUT2D eigenvalue weighted by molar-refractivity contribution is 6.34. The number of carbonyl (C=O) groups is 2. The van der Waals surface area contributed by atoms with Gasteiger partial charge in [-0.1, -0.05) is 29.8 Å². The van der Waals surface area contributed by atoms with Crippen molar-refractivity contribution in [1.29, 1.82) is 0 Å². The van der Waals surface area contributed by atoms with Gasteiger partial charge >= 0.3 is 6.03 Å². The van der Waals surface area contributed by atoms with E-state index in [-0.39, 0.29) is 11.9 Å². The first-order valence-electron chi connectivity index (χ1n) is 7.23. The molecule has 0 fully saturated rings. The Morgan fingerprint density at radius 1 is 1.12 bits per heavy atom. The van der Waals surface area contributed by atoms with E-state index in [2.05, 4.69) is 16.0 Å². The highest BCUT2D eigenvalue weighted by Crippen LogP contribution is 2.25. The number of urea groups is 1. The summed E-state index contributed by atoms with van der Waals surface area (Å²) >= 11 is 6.07. The molecule has 0 aromatic heterocycles. The second kappa shape index (κ2) is 8.21. The maximum atomic E-state index is 12.0. The largest absolute Gasteiger partial charge is 0.496 e. The van der Waals surface area contributed by atoms with Crippen LogP contribution in [-0.4, -0.2) is 19.0 Å².